The van der Waals surface area contributed by atoms with Crippen LogP contribution in [0.2, 0.25) is 0 Å². The van der Waals surface area contributed by atoms with Crippen molar-refractivity contribution >= 4 is 11.3 Å². The molecule has 2 aliphatic rings. The molecule has 0 saturated heterocycles. The molecule has 0 amide bonds. The summed E-state index contributed by atoms with van der Waals surface area (Å²) < 4.78 is 39.2. The Morgan fingerprint density at radius 1 is 1.30 bits per heavy atom. The van der Waals surface area contributed by atoms with Crippen LogP contribution in [0, 0.1) is 5.92 Å². The lowest BCUT2D eigenvalue weighted by atomic mass is 9.75. The minimum absolute atomic E-state index is 0.124. The quantitative estimate of drug-likeness (QED) is 0.899. The van der Waals surface area contributed by atoms with Crippen LogP contribution in [0.25, 0.3) is 0 Å². The van der Waals surface area contributed by atoms with Crippen LogP contribution in [0.4, 0.5) is 13.2 Å². The van der Waals surface area contributed by atoms with Gasteiger partial charge in [0.25, 0.3) is 0 Å². The maximum Gasteiger partial charge on any atom is 0.391 e. The van der Waals surface area contributed by atoms with E-state index in [2.05, 4.69) is 10.3 Å². The number of hydrogen-bond acceptors (Lipinski definition) is 3. The summed E-state index contributed by atoms with van der Waals surface area (Å²) in [5, 5.41) is 4.05. The highest BCUT2D eigenvalue weighted by Gasteiger charge is 2.49. The topological polar surface area (TPSA) is 24.9 Å². The number of aromatic nitrogens is 1. The van der Waals surface area contributed by atoms with Crippen LogP contribution >= 0.6 is 11.3 Å². The Morgan fingerprint density at radius 3 is 2.75 bits per heavy atom. The van der Waals surface area contributed by atoms with Gasteiger partial charge in [-0.25, -0.2) is 4.98 Å². The Bertz CT molecular complexity index is 476. The maximum absolute atomic E-state index is 13.1. The number of halogens is 3. The molecule has 6 heteroatoms. The maximum atomic E-state index is 13.1. The first-order chi connectivity index (χ1) is 9.44. The van der Waals surface area contributed by atoms with Crippen LogP contribution in [0.3, 0.4) is 0 Å². The smallest absolute Gasteiger partial charge is 0.308 e. The SMILES string of the molecule is CNC1(c2nc3c(s2)CCC3)CCCC(C(F)(F)F)C1. The number of aryl methyl sites for hydroxylation is 2. The third-order valence-corrected chi connectivity index (χ3v) is 6.06. The normalized spacial score (nSPS) is 30.5. The van der Waals surface area contributed by atoms with Crippen molar-refractivity contribution in [1.82, 2.24) is 10.3 Å². The summed E-state index contributed by atoms with van der Waals surface area (Å²) >= 11 is 1.62. The second-order valence-electron chi connectivity index (χ2n) is 5.91. The van der Waals surface area contributed by atoms with E-state index in [-0.39, 0.29) is 12.8 Å². The van der Waals surface area contributed by atoms with Crippen LogP contribution in [-0.4, -0.2) is 18.2 Å². The lowest BCUT2D eigenvalue weighted by molar-refractivity contribution is -0.188. The lowest BCUT2D eigenvalue weighted by Gasteiger charge is -2.40. The van der Waals surface area contributed by atoms with Crippen molar-refractivity contribution in [2.45, 2.75) is 56.7 Å². The summed E-state index contributed by atoms with van der Waals surface area (Å²) in [4.78, 5) is 5.94. The fourth-order valence-electron chi connectivity index (χ4n) is 3.48. The first-order valence-electron chi connectivity index (χ1n) is 7.19. The summed E-state index contributed by atoms with van der Waals surface area (Å²) in [6, 6.07) is 0. The Balaban J connectivity index is 1.90. The molecule has 1 N–H and O–H groups in total. The van der Waals surface area contributed by atoms with Gasteiger partial charge in [0.15, 0.2) is 0 Å². The summed E-state index contributed by atoms with van der Waals surface area (Å²) in [6.07, 6.45) is 0.785. The predicted molar refractivity (Wildman–Crippen MR) is 72.9 cm³/mol. The van der Waals surface area contributed by atoms with E-state index in [0.717, 1.165) is 36.4 Å². The largest absolute Gasteiger partial charge is 0.391 e. The van der Waals surface area contributed by atoms with Gasteiger partial charge in [-0.1, -0.05) is 6.42 Å². The van der Waals surface area contributed by atoms with Gasteiger partial charge in [-0.2, -0.15) is 13.2 Å². The number of hydrogen-bond donors (Lipinski definition) is 1. The van der Waals surface area contributed by atoms with Gasteiger partial charge in [-0.3, -0.25) is 0 Å². The van der Waals surface area contributed by atoms with E-state index in [9.17, 15) is 13.2 Å². The number of nitrogens with zero attached hydrogens (tertiary/aromatic N) is 1. The van der Waals surface area contributed by atoms with Crippen LogP contribution in [0.5, 0.6) is 0 Å². The highest BCUT2D eigenvalue weighted by Crippen LogP contribution is 2.47. The van der Waals surface area contributed by atoms with Gasteiger partial charge < -0.3 is 5.32 Å². The van der Waals surface area contributed by atoms with Gasteiger partial charge in [0, 0.05) is 4.88 Å². The molecule has 1 saturated carbocycles. The van der Waals surface area contributed by atoms with E-state index in [4.69, 9.17) is 0 Å². The summed E-state index contributed by atoms with van der Waals surface area (Å²) in [5.41, 5.74) is 0.543. The molecule has 2 unspecified atom stereocenters. The van der Waals surface area contributed by atoms with Crippen molar-refractivity contribution < 1.29 is 13.2 Å². The number of fused-ring (bicyclic) bond motifs is 1. The van der Waals surface area contributed by atoms with Crippen molar-refractivity contribution in [3.63, 3.8) is 0 Å². The molecule has 1 aromatic heterocycles. The van der Waals surface area contributed by atoms with E-state index < -0.39 is 17.6 Å². The third kappa shape index (κ3) is 2.37. The molecule has 0 aromatic carbocycles. The second-order valence-corrected chi connectivity index (χ2v) is 6.99. The molecular formula is C14H19F3N2S. The van der Waals surface area contributed by atoms with Crippen molar-refractivity contribution in [3.05, 3.63) is 15.6 Å². The van der Waals surface area contributed by atoms with Gasteiger partial charge in [0.2, 0.25) is 0 Å². The van der Waals surface area contributed by atoms with Crippen molar-refractivity contribution in [1.29, 1.82) is 0 Å². The molecule has 2 atom stereocenters. The molecule has 0 spiro atoms. The standard InChI is InChI=1S/C14H19F3N2S/c1-18-13(7-3-4-9(8-13)14(15,16)17)12-19-10-5-2-6-11(10)20-12/h9,18H,2-8H2,1H3. The van der Waals surface area contributed by atoms with E-state index >= 15 is 0 Å². The molecule has 0 radical (unpaired) electrons. The zero-order chi connectivity index (χ0) is 14.4. The molecule has 2 nitrogen and oxygen atoms in total. The van der Waals surface area contributed by atoms with Crippen LogP contribution in [-0.2, 0) is 18.4 Å². The molecule has 0 aliphatic heterocycles. The summed E-state index contributed by atoms with van der Waals surface area (Å²) in [6.45, 7) is 0. The fourth-order valence-corrected chi connectivity index (χ4v) is 4.86. The van der Waals surface area contributed by atoms with Crippen molar-refractivity contribution in [3.8, 4) is 0 Å². The second kappa shape index (κ2) is 4.98. The van der Waals surface area contributed by atoms with Crippen molar-refractivity contribution in [2.75, 3.05) is 7.05 Å². The van der Waals surface area contributed by atoms with Gasteiger partial charge in [-0.05, 0) is 45.6 Å². The highest BCUT2D eigenvalue weighted by molar-refractivity contribution is 7.12. The number of alkyl halides is 3. The minimum Gasteiger partial charge on any atom is -0.308 e. The van der Waals surface area contributed by atoms with Crippen LogP contribution < -0.4 is 5.32 Å². The molecule has 0 bridgehead atoms. The Kier molecular flexibility index (Phi) is 3.57. The van der Waals surface area contributed by atoms with Gasteiger partial charge in [0.1, 0.15) is 5.01 Å². The van der Waals surface area contributed by atoms with E-state index in [1.54, 1.807) is 18.4 Å². The predicted octanol–water partition coefficient (Wildman–Crippen LogP) is 3.80. The van der Waals surface area contributed by atoms with Crippen molar-refractivity contribution in [2.24, 2.45) is 5.92 Å². The first kappa shape index (κ1) is 14.3. The minimum atomic E-state index is -4.09. The molecule has 1 heterocycles. The first-order valence-corrected chi connectivity index (χ1v) is 8.01. The van der Waals surface area contributed by atoms with Gasteiger partial charge in [-0.15, -0.1) is 11.3 Å². The molecule has 112 valence electrons. The average Bonchev–Trinajstić information content (AvgIpc) is 2.98. The van der Waals surface area contributed by atoms with Gasteiger partial charge >= 0.3 is 6.18 Å². The Hall–Kier alpha value is -0.620. The molecular weight excluding hydrogens is 285 g/mol. The fraction of sp³-hybridized carbons (Fsp3) is 0.786. The number of rotatable bonds is 2. The monoisotopic (exact) mass is 304 g/mol. The third-order valence-electron chi connectivity index (χ3n) is 4.70. The summed E-state index contributed by atoms with van der Waals surface area (Å²) in [5.74, 6) is -1.21. The number of nitrogens with one attached hydrogen (secondary N) is 1. The zero-order valence-electron chi connectivity index (χ0n) is 11.5. The Morgan fingerprint density at radius 2 is 2.10 bits per heavy atom. The Labute approximate surface area is 120 Å². The molecule has 3 rings (SSSR count). The lowest BCUT2D eigenvalue weighted by Crippen LogP contribution is -2.46. The van der Waals surface area contributed by atoms with E-state index in [1.807, 2.05) is 0 Å². The zero-order valence-corrected chi connectivity index (χ0v) is 12.3. The number of thiazole rings is 1. The average molecular weight is 304 g/mol. The van der Waals surface area contributed by atoms with E-state index in [0.29, 0.717) is 6.42 Å². The van der Waals surface area contributed by atoms with Gasteiger partial charge in [0.05, 0.1) is 17.2 Å². The van der Waals surface area contributed by atoms with Crippen LogP contribution in [0.15, 0.2) is 0 Å². The molecule has 1 aromatic rings. The molecule has 1 fully saturated rings. The molecule has 20 heavy (non-hydrogen) atoms. The molecule has 2 aliphatic carbocycles. The van der Waals surface area contributed by atoms with E-state index in [1.165, 1.54) is 4.88 Å². The van der Waals surface area contributed by atoms with Crippen LogP contribution in [0.1, 0.15) is 47.7 Å². The highest BCUT2D eigenvalue weighted by atomic mass is 32.1. The summed E-state index contributed by atoms with van der Waals surface area (Å²) in [7, 11) is 1.77.